The van der Waals surface area contributed by atoms with Crippen molar-refractivity contribution in [1.29, 1.82) is 0 Å². The minimum Gasteiger partial charge on any atom is -0.494 e. The molecule has 0 amide bonds. The van der Waals surface area contributed by atoms with Gasteiger partial charge in [0.2, 0.25) is 11.9 Å². The first kappa shape index (κ1) is 17.6. The van der Waals surface area contributed by atoms with Gasteiger partial charge in [-0.1, -0.05) is 0 Å². The average Bonchev–Trinajstić information content (AvgIpc) is 2.54. The number of rotatable bonds is 4. The van der Waals surface area contributed by atoms with Gasteiger partial charge in [-0.05, 0) is 32.0 Å². The molecule has 26 heavy (non-hydrogen) atoms. The summed E-state index contributed by atoms with van der Waals surface area (Å²) in [6.07, 6.45) is -4.74. The number of hydrogen-bond donors (Lipinski definition) is 2. The van der Waals surface area contributed by atoms with Gasteiger partial charge in [0.1, 0.15) is 5.75 Å². The molecule has 2 N–H and O–H groups in total. The first-order valence-electron chi connectivity index (χ1n) is 7.63. The van der Waals surface area contributed by atoms with Crippen molar-refractivity contribution in [3.63, 3.8) is 0 Å². The van der Waals surface area contributed by atoms with Gasteiger partial charge in [0.15, 0.2) is 5.69 Å². The van der Waals surface area contributed by atoms with Crippen LogP contribution in [-0.4, -0.2) is 26.5 Å². The number of hydrogen-bond acceptors (Lipinski definition) is 6. The van der Waals surface area contributed by atoms with E-state index in [0.717, 1.165) is 5.39 Å². The summed E-state index contributed by atoms with van der Waals surface area (Å²) >= 11 is 0. The Bertz CT molecular complexity index is 1020. The molecule has 0 radical (unpaired) electrons. The van der Waals surface area contributed by atoms with Gasteiger partial charge in [-0.2, -0.15) is 13.2 Å². The number of aromatic amines is 1. The van der Waals surface area contributed by atoms with Crippen molar-refractivity contribution in [3.05, 3.63) is 46.0 Å². The summed E-state index contributed by atoms with van der Waals surface area (Å²) < 4.78 is 43.7. The molecule has 7 nitrogen and oxygen atoms in total. The Morgan fingerprint density at radius 1 is 1.19 bits per heavy atom. The number of fused-ring (bicyclic) bond motifs is 1. The second-order valence-corrected chi connectivity index (χ2v) is 5.35. The van der Waals surface area contributed by atoms with Crippen LogP contribution in [0, 0.1) is 6.92 Å². The summed E-state index contributed by atoms with van der Waals surface area (Å²) in [5.74, 6) is 0.285. The van der Waals surface area contributed by atoms with Crippen LogP contribution in [0.4, 0.5) is 25.1 Å². The Balaban J connectivity index is 1.98. The quantitative estimate of drug-likeness (QED) is 0.738. The Morgan fingerprint density at radius 2 is 1.96 bits per heavy atom. The van der Waals surface area contributed by atoms with E-state index in [2.05, 4.69) is 25.3 Å². The lowest BCUT2D eigenvalue weighted by atomic mass is 10.2. The van der Waals surface area contributed by atoms with Crippen molar-refractivity contribution in [3.8, 4) is 5.75 Å². The van der Waals surface area contributed by atoms with Crippen molar-refractivity contribution in [2.45, 2.75) is 20.0 Å². The van der Waals surface area contributed by atoms with Crippen molar-refractivity contribution >= 4 is 22.8 Å². The Labute approximate surface area is 145 Å². The van der Waals surface area contributed by atoms with Crippen LogP contribution in [0.25, 0.3) is 10.9 Å². The normalized spacial score (nSPS) is 11.6. The van der Waals surface area contributed by atoms with Crippen LogP contribution in [0.5, 0.6) is 5.75 Å². The summed E-state index contributed by atoms with van der Waals surface area (Å²) in [6, 6.07) is 5.60. The van der Waals surface area contributed by atoms with Crippen LogP contribution in [0.2, 0.25) is 0 Å². The highest BCUT2D eigenvalue weighted by Gasteiger charge is 2.33. The van der Waals surface area contributed by atoms with E-state index in [9.17, 15) is 18.0 Å². The van der Waals surface area contributed by atoms with Crippen LogP contribution in [0.1, 0.15) is 18.3 Å². The highest BCUT2D eigenvalue weighted by molar-refractivity contribution is 5.83. The van der Waals surface area contributed by atoms with Gasteiger partial charge in [0.05, 0.1) is 17.8 Å². The second-order valence-electron chi connectivity index (χ2n) is 5.35. The van der Waals surface area contributed by atoms with E-state index in [4.69, 9.17) is 4.74 Å². The number of nitrogens with one attached hydrogen (secondary N) is 2. The van der Waals surface area contributed by atoms with Crippen LogP contribution in [-0.2, 0) is 6.18 Å². The molecule has 0 aliphatic carbocycles. The number of aromatic nitrogens is 4. The van der Waals surface area contributed by atoms with Crippen molar-refractivity contribution in [2.24, 2.45) is 0 Å². The summed E-state index contributed by atoms with van der Waals surface area (Å²) in [5.41, 5.74) is -1.08. The lowest BCUT2D eigenvalue weighted by Crippen LogP contribution is -2.18. The van der Waals surface area contributed by atoms with Gasteiger partial charge in [-0.3, -0.25) is 15.1 Å². The fraction of sp³-hybridized carbons (Fsp3) is 0.250. The smallest absolute Gasteiger partial charge is 0.433 e. The molecule has 0 aliphatic heterocycles. The molecule has 0 saturated heterocycles. The zero-order valence-electron chi connectivity index (χ0n) is 13.8. The molecule has 0 atom stereocenters. The van der Waals surface area contributed by atoms with E-state index in [1.165, 1.54) is 0 Å². The molecule has 136 valence electrons. The van der Waals surface area contributed by atoms with E-state index in [1.807, 2.05) is 6.92 Å². The molecule has 1 aromatic carbocycles. The van der Waals surface area contributed by atoms with Crippen molar-refractivity contribution in [2.75, 3.05) is 11.9 Å². The van der Waals surface area contributed by atoms with Crippen molar-refractivity contribution < 1.29 is 17.9 Å². The minimum atomic E-state index is -4.74. The number of anilines is 2. The molecule has 0 fully saturated rings. The average molecular weight is 365 g/mol. The maximum absolute atomic E-state index is 12.8. The SMILES string of the molecule is CCOc1ccc2nc(Nc3nc(C(F)(F)F)cc(=O)[nH]3)nc(C)c2c1. The molecule has 2 aromatic heterocycles. The largest absolute Gasteiger partial charge is 0.494 e. The molecule has 0 saturated carbocycles. The first-order valence-corrected chi connectivity index (χ1v) is 7.63. The third-order valence-corrected chi connectivity index (χ3v) is 3.43. The third-order valence-electron chi connectivity index (χ3n) is 3.43. The van der Waals surface area contributed by atoms with Gasteiger partial charge < -0.3 is 4.74 Å². The van der Waals surface area contributed by atoms with Crippen LogP contribution < -0.4 is 15.6 Å². The molecule has 0 bridgehead atoms. The lowest BCUT2D eigenvalue weighted by Gasteiger charge is -2.10. The zero-order chi connectivity index (χ0) is 18.9. The van der Waals surface area contributed by atoms with E-state index < -0.39 is 23.4 Å². The number of alkyl halides is 3. The van der Waals surface area contributed by atoms with E-state index in [1.54, 1.807) is 25.1 Å². The topological polar surface area (TPSA) is 92.8 Å². The van der Waals surface area contributed by atoms with Gasteiger partial charge in [-0.25, -0.2) is 15.0 Å². The summed E-state index contributed by atoms with van der Waals surface area (Å²) in [5, 5.41) is 3.25. The molecule has 10 heteroatoms. The standard InChI is InChI=1S/C16H14F3N5O2/c1-3-26-9-4-5-11-10(6-9)8(2)20-14(21-11)24-15-22-12(16(17,18)19)7-13(25)23-15/h4-7H,3H2,1-2H3,(H2,20,21,22,23,24,25). The highest BCUT2D eigenvalue weighted by atomic mass is 19.4. The molecule has 3 rings (SSSR count). The monoisotopic (exact) mass is 365 g/mol. The maximum Gasteiger partial charge on any atom is 0.433 e. The Hall–Kier alpha value is -3.17. The van der Waals surface area contributed by atoms with Crippen LogP contribution in [0.15, 0.2) is 29.1 Å². The van der Waals surface area contributed by atoms with Gasteiger partial charge in [0.25, 0.3) is 5.56 Å². The van der Waals surface area contributed by atoms with Crippen LogP contribution >= 0.6 is 0 Å². The molecule has 0 aliphatic rings. The van der Waals surface area contributed by atoms with Crippen molar-refractivity contribution in [1.82, 2.24) is 19.9 Å². The predicted octanol–water partition coefficient (Wildman–Crippen LogP) is 3.18. The molecule has 0 spiro atoms. The number of ether oxygens (including phenoxy) is 1. The summed E-state index contributed by atoms with van der Waals surface area (Å²) in [6.45, 7) is 4.11. The molecule has 3 aromatic rings. The van der Waals surface area contributed by atoms with E-state index in [-0.39, 0.29) is 5.95 Å². The zero-order valence-corrected chi connectivity index (χ0v) is 13.8. The predicted molar refractivity (Wildman–Crippen MR) is 88.6 cm³/mol. The molecule has 2 heterocycles. The number of benzene rings is 1. The number of halogens is 3. The van der Waals surface area contributed by atoms with Crippen LogP contribution in [0.3, 0.4) is 0 Å². The Kier molecular flexibility index (Phi) is 4.49. The third kappa shape index (κ3) is 3.73. The molecule has 0 unspecified atom stereocenters. The number of H-pyrrole nitrogens is 1. The fourth-order valence-corrected chi connectivity index (χ4v) is 2.34. The van der Waals surface area contributed by atoms with E-state index >= 15 is 0 Å². The lowest BCUT2D eigenvalue weighted by molar-refractivity contribution is -0.141. The number of aryl methyl sites for hydroxylation is 1. The Morgan fingerprint density at radius 3 is 2.65 bits per heavy atom. The number of nitrogens with zero attached hydrogens (tertiary/aromatic N) is 3. The first-order chi connectivity index (χ1) is 12.3. The van der Waals surface area contributed by atoms with E-state index in [0.29, 0.717) is 29.6 Å². The maximum atomic E-state index is 12.8. The summed E-state index contributed by atoms with van der Waals surface area (Å²) in [4.78, 5) is 25.4. The molecular formula is C16H14F3N5O2. The van der Waals surface area contributed by atoms with Gasteiger partial charge in [0, 0.05) is 11.5 Å². The molecular weight excluding hydrogens is 351 g/mol. The minimum absolute atomic E-state index is 0.0154. The second kappa shape index (κ2) is 6.62. The summed E-state index contributed by atoms with van der Waals surface area (Å²) in [7, 11) is 0. The fourth-order valence-electron chi connectivity index (χ4n) is 2.34. The van der Waals surface area contributed by atoms with Gasteiger partial charge in [-0.15, -0.1) is 0 Å². The van der Waals surface area contributed by atoms with Gasteiger partial charge >= 0.3 is 6.18 Å². The highest BCUT2D eigenvalue weighted by Crippen LogP contribution is 2.27.